The first-order valence-corrected chi connectivity index (χ1v) is 13.0. The third-order valence-electron chi connectivity index (χ3n) is 6.30. The van der Waals surface area contributed by atoms with E-state index < -0.39 is 0 Å². The van der Waals surface area contributed by atoms with Gasteiger partial charge >= 0.3 is 0 Å². The van der Waals surface area contributed by atoms with Crippen LogP contribution < -0.4 is 4.57 Å². The van der Waals surface area contributed by atoms with Gasteiger partial charge in [-0.1, -0.05) is 109 Å². The maximum Gasteiger partial charge on any atom is 0.261 e. The number of hydrogen-bond donors (Lipinski definition) is 0. The molecule has 0 N–H and O–H groups in total. The summed E-state index contributed by atoms with van der Waals surface area (Å²) in [5.41, 5.74) is 1.29. The topological polar surface area (TPSA) is 8.81 Å². The molecule has 0 aliphatic rings. The van der Waals surface area contributed by atoms with Gasteiger partial charge in [0.25, 0.3) is 5.82 Å². The van der Waals surface area contributed by atoms with Gasteiger partial charge in [0.2, 0.25) is 0 Å². The summed E-state index contributed by atoms with van der Waals surface area (Å²) in [5.74, 6) is 1.48. The molecule has 0 spiro atoms. The van der Waals surface area contributed by atoms with Crippen molar-refractivity contribution in [3.63, 3.8) is 0 Å². The second-order valence-corrected chi connectivity index (χ2v) is 8.96. The fourth-order valence-corrected chi connectivity index (χ4v) is 4.41. The molecular weight excluding hydrogens is 364 g/mol. The van der Waals surface area contributed by atoms with Crippen molar-refractivity contribution in [3.05, 3.63) is 48.5 Å². The Balaban J connectivity index is 1.70. The maximum absolute atomic E-state index is 2.50. The van der Waals surface area contributed by atoms with Crippen molar-refractivity contribution in [3.8, 4) is 5.69 Å². The molecule has 2 aromatic rings. The molecule has 0 saturated carbocycles. The van der Waals surface area contributed by atoms with Gasteiger partial charge in [0.05, 0.1) is 6.54 Å². The summed E-state index contributed by atoms with van der Waals surface area (Å²) in [6, 6.07) is 10.8. The summed E-state index contributed by atoms with van der Waals surface area (Å²) in [7, 11) is 0. The lowest BCUT2D eigenvalue weighted by molar-refractivity contribution is -0.704. The predicted octanol–water partition coefficient (Wildman–Crippen LogP) is 8.20. The van der Waals surface area contributed by atoms with Crippen LogP contribution in [0.1, 0.15) is 116 Å². The monoisotopic (exact) mass is 411 g/mol. The summed E-state index contributed by atoms with van der Waals surface area (Å²) >= 11 is 0. The fraction of sp³-hybridized carbons (Fsp3) is 0.679. The van der Waals surface area contributed by atoms with Crippen LogP contribution in [-0.2, 0) is 13.0 Å². The number of imidazole rings is 1. The second-order valence-electron chi connectivity index (χ2n) is 8.96. The van der Waals surface area contributed by atoms with Gasteiger partial charge in [-0.2, -0.15) is 4.57 Å². The molecule has 168 valence electrons. The van der Waals surface area contributed by atoms with Crippen molar-refractivity contribution in [1.29, 1.82) is 0 Å². The Kier molecular flexibility index (Phi) is 13.3. The maximum atomic E-state index is 2.50. The molecule has 0 atom stereocenters. The van der Waals surface area contributed by atoms with E-state index in [-0.39, 0.29) is 0 Å². The van der Waals surface area contributed by atoms with Crippen molar-refractivity contribution in [2.45, 2.75) is 123 Å². The van der Waals surface area contributed by atoms with Crippen LogP contribution in [0.25, 0.3) is 5.69 Å². The molecule has 0 fully saturated rings. The molecule has 1 aromatic carbocycles. The van der Waals surface area contributed by atoms with Crippen LogP contribution in [0, 0.1) is 0 Å². The third kappa shape index (κ3) is 9.49. The summed E-state index contributed by atoms with van der Waals surface area (Å²) in [5, 5.41) is 0. The van der Waals surface area contributed by atoms with E-state index >= 15 is 0 Å². The van der Waals surface area contributed by atoms with Crippen LogP contribution >= 0.6 is 0 Å². The second kappa shape index (κ2) is 16.2. The minimum Gasteiger partial charge on any atom is -0.234 e. The van der Waals surface area contributed by atoms with Crippen LogP contribution in [0.3, 0.4) is 0 Å². The van der Waals surface area contributed by atoms with Gasteiger partial charge in [-0.05, 0) is 31.4 Å². The number of unbranched alkanes of at least 4 members (excludes halogenated alkanes) is 13. The number of nitrogens with zero attached hydrogens (tertiary/aromatic N) is 2. The third-order valence-corrected chi connectivity index (χ3v) is 6.30. The number of para-hydroxylation sites is 1. The van der Waals surface area contributed by atoms with Crippen molar-refractivity contribution >= 4 is 0 Å². The number of benzene rings is 1. The number of aryl methyl sites for hydroxylation is 1. The molecule has 1 aromatic heterocycles. The smallest absolute Gasteiger partial charge is 0.234 e. The van der Waals surface area contributed by atoms with Crippen molar-refractivity contribution in [1.82, 2.24) is 4.57 Å². The molecule has 1 heterocycles. The molecule has 0 saturated heterocycles. The van der Waals surface area contributed by atoms with E-state index in [4.69, 9.17) is 0 Å². The molecule has 0 aliphatic carbocycles. The minimum atomic E-state index is 1.15. The van der Waals surface area contributed by atoms with Crippen LogP contribution in [0.5, 0.6) is 0 Å². The highest BCUT2D eigenvalue weighted by molar-refractivity contribution is 5.31. The molecule has 0 bridgehead atoms. The number of rotatable bonds is 18. The number of hydrogen-bond acceptors (Lipinski definition) is 0. The highest BCUT2D eigenvalue weighted by Crippen LogP contribution is 2.15. The molecule has 0 unspecified atom stereocenters. The minimum absolute atomic E-state index is 1.15. The molecule has 2 nitrogen and oxygen atoms in total. The largest absolute Gasteiger partial charge is 0.261 e. The van der Waals surface area contributed by atoms with E-state index in [1.54, 1.807) is 0 Å². The summed E-state index contributed by atoms with van der Waals surface area (Å²) in [6.45, 7) is 5.74. The van der Waals surface area contributed by atoms with Crippen LogP contribution in [0.4, 0.5) is 0 Å². The Labute approximate surface area is 186 Å². The van der Waals surface area contributed by atoms with E-state index in [0.29, 0.717) is 0 Å². The SMILES string of the molecule is CCCCCCCCCCCCCCc1n(-c2ccccc2)cc[n+]1CCCCC. The van der Waals surface area contributed by atoms with E-state index in [1.165, 1.54) is 114 Å². The van der Waals surface area contributed by atoms with E-state index in [1.807, 2.05) is 0 Å². The van der Waals surface area contributed by atoms with Gasteiger partial charge in [-0.15, -0.1) is 0 Å². The summed E-state index contributed by atoms with van der Waals surface area (Å²) in [6.07, 6.45) is 26.6. The Bertz CT molecular complexity index is 644. The first-order chi connectivity index (χ1) is 14.9. The Morgan fingerprint density at radius 1 is 0.633 bits per heavy atom. The number of aromatic nitrogens is 2. The Morgan fingerprint density at radius 3 is 1.77 bits per heavy atom. The molecule has 2 rings (SSSR count). The van der Waals surface area contributed by atoms with E-state index in [2.05, 4.69) is 65.7 Å². The van der Waals surface area contributed by atoms with Gasteiger partial charge in [-0.25, -0.2) is 4.57 Å². The van der Waals surface area contributed by atoms with Crippen molar-refractivity contribution in [2.24, 2.45) is 0 Å². The van der Waals surface area contributed by atoms with Gasteiger partial charge in [0.15, 0.2) is 0 Å². The van der Waals surface area contributed by atoms with E-state index in [9.17, 15) is 0 Å². The molecule has 2 heteroatoms. The Hall–Kier alpha value is -1.57. The highest BCUT2D eigenvalue weighted by atomic mass is 15.1. The fourth-order valence-electron chi connectivity index (χ4n) is 4.41. The summed E-state index contributed by atoms with van der Waals surface area (Å²) < 4.78 is 4.91. The van der Waals surface area contributed by atoms with Crippen LogP contribution in [-0.4, -0.2) is 4.57 Å². The average Bonchev–Trinajstić information content (AvgIpc) is 3.18. The van der Waals surface area contributed by atoms with Crippen LogP contribution in [0.2, 0.25) is 0 Å². The molecular formula is C28H47N2+. The van der Waals surface area contributed by atoms with Gasteiger partial charge in [0.1, 0.15) is 18.1 Å². The standard InChI is InChI=1S/C28H47N2/c1-3-5-7-8-9-10-11-12-13-14-15-19-23-28-29(24-20-6-4-2)25-26-30(28)27-21-17-16-18-22-27/h16-18,21-22,25-26H,3-15,19-20,23-24H2,1-2H3/q+1. The Morgan fingerprint density at radius 2 is 1.17 bits per heavy atom. The van der Waals surface area contributed by atoms with Crippen molar-refractivity contribution < 1.29 is 4.57 Å². The quantitative estimate of drug-likeness (QED) is 0.173. The van der Waals surface area contributed by atoms with Gasteiger partial charge in [-0.3, -0.25) is 0 Å². The molecule has 0 amide bonds. The van der Waals surface area contributed by atoms with Gasteiger partial charge < -0.3 is 0 Å². The predicted molar refractivity (Wildman–Crippen MR) is 130 cm³/mol. The normalized spacial score (nSPS) is 11.3. The highest BCUT2D eigenvalue weighted by Gasteiger charge is 2.18. The lowest BCUT2D eigenvalue weighted by Crippen LogP contribution is -2.37. The average molecular weight is 412 g/mol. The summed E-state index contributed by atoms with van der Waals surface area (Å²) in [4.78, 5) is 0. The molecule has 0 aliphatic heterocycles. The first-order valence-electron chi connectivity index (χ1n) is 13.0. The van der Waals surface area contributed by atoms with Gasteiger partial charge in [0, 0.05) is 6.42 Å². The zero-order chi connectivity index (χ0) is 21.3. The van der Waals surface area contributed by atoms with Crippen LogP contribution in [0.15, 0.2) is 42.7 Å². The zero-order valence-corrected chi connectivity index (χ0v) is 20.0. The van der Waals surface area contributed by atoms with E-state index in [0.717, 1.165) is 6.54 Å². The molecule has 0 radical (unpaired) electrons. The zero-order valence-electron chi connectivity index (χ0n) is 20.0. The van der Waals surface area contributed by atoms with Crippen molar-refractivity contribution in [2.75, 3.05) is 0 Å². The molecule has 30 heavy (non-hydrogen) atoms. The lowest BCUT2D eigenvalue weighted by atomic mass is 10.0. The first kappa shape index (κ1) is 24.7. The lowest BCUT2D eigenvalue weighted by Gasteiger charge is -2.06.